The molecule has 0 bridgehead atoms. The number of halogens is 3. The molecule has 0 spiro atoms. The van der Waals surface area contributed by atoms with Crippen LogP contribution < -0.4 is 10.1 Å². The van der Waals surface area contributed by atoms with Gasteiger partial charge in [-0.1, -0.05) is 11.3 Å². The highest BCUT2D eigenvalue weighted by molar-refractivity contribution is 5.89. The van der Waals surface area contributed by atoms with Crippen molar-refractivity contribution in [3.63, 3.8) is 0 Å². The first-order valence-electron chi connectivity index (χ1n) is 11.8. The highest BCUT2D eigenvalue weighted by Crippen LogP contribution is 2.35. The molecule has 0 saturated carbocycles. The number of aryl methyl sites for hydroxylation is 1. The van der Waals surface area contributed by atoms with Crippen molar-refractivity contribution in [1.82, 2.24) is 34.5 Å². The fourth-order valence-electron chi connectivity index (χ4n) is 4.89. The zero-order valence-corrected chi connectivity index (χ0v) is 19.6. The Morgan fingerprint density at radius 1 is 1.28 bits per heavy atom. The lowest BCUT2D eigenvalue weighted by atomic mass is 10.0. The Hall–Kier alpha value is -3.45. The smallest absolute Gasteiger partial charge is 0.244 e. The Balaban J connectivity index is 1.32. The summed E-state index contributed by atoms with van der Waals surface area (Å²) in [5, 5.41) is 15.4. The second-order valence-electron chi connectivity index (χ2n) is 9.04. The maximum Gasteiger partial charge on any atom is 0.244 e. The Labute approximate surface area is 204 Å². The lowest BCUT2D eigenvalue weighted by Crippen LogP contribution is -2.57. The second-order valence-corrected chi connectivity index (χ2v) is 9.04. The number of alkyl halides is 2. The Bertz CT molecular complexity index is 1410. The van der Waals surface area contributed by atoms with Gasteiger partial charge in [0.2, 0.25) is 11.8 Å². The summed E-state index contributed by atoms with van der Waals surface area (Å²) in [7, 11) is 1.43. The van der Waals surface area contributed by atoms with E-state index in [0.29, 0.717) is 48.3 Å². The molecule has 4 aromatic rings. The standard InChI is InChI=1S/C23H25F3N8O2/c1-35-22-21-20(13-2-3-18-19(8-13)33(7-5-24)31-29-18)16(26)10-34(21)30-23(28-22)27-17-4-6-32(9-15(17)25)14-11-36-12-14/h2-3,8,10,14-15,17H,4-7,9,11-12H2,1H3,(H,27,30)/t15-,17+/m1/s1. The van der Waals surface area contributed by atoms with Crippen LogP contribution in [0.2, 0.25) is 0 Å². The summed E-state index contributed by atoms with van der Waals surface area (Å²) in [4.78, 5) is 6.52. The number of anilines is 1. The van der Waals surface area contributed by atoms with Crippen LogP contribution in [0.15, 0.2) is 24.4 Å². The molecule has 2 aliphatic heterocycles. The van der Waals surface area contributed by atoms with Crippen molar-refractivity contribution in [3.05, 3.63) is 30.2 Å². The van der Waals surface area contributed by atoms with Gasteiger partial charge in [-0.15, -0.1) is 10.2 Å². The summed E-state index contributed by atoms with van der Waals surface area (Å²) in [6, 6.07) is 4.90. The van der Waals surface area contributed by atoms with Crippen LogP contribution in [0, 0.1) is 5.82 Å². The summed E-state index contributed by atoms with van der Waals surface area (Å²) in [6.45, 7) is 1.78. The van der Waals surface area contributed by atoms with Crippen molar-refractivity contribution in [1.29, 1.82) is 0 Å². The average Bonchev–Trinajstić information content (AvgIpc) is 3.39. The number of nitrogens with zero attached hydrogens (tertiary/aromatic N) is 7. The summed E-state index contributed by atoms with van der Waals surface area (Å²) in [6.07, 6.45) is 0.692. The molecule has 36 heavy (non-hydrogen) atoms. The van der Waals surface area contributed by atoms with Crippen LogP contribution >= 0.6 is 0 Å². The Morgan fingerprint density at radius 2 is 2.14 bits per heavy atom. The van der Waals surface area contributed by atoms with Crippen molar-refractivity contribution in [3.8, 4) is 17.0 Å². The van der Waals surface area contributed by atoms with Crippen LogP contribution in [-0.2, 0) is 11.3 Å². The Morgan fingerprint density at radius 3 is 2.86 bits per heavy atom. The minimum Gasteiger partial charge on any atom is -0.479 e. The molecule has 2 aliphatic rings. The fraction of sp³-hybridized carbons (Fsp3) is 0.478. The molecule has 1 N–H and O–H groups in total. The predicted molar refractivity (Wildman–Crippen MR) is 125 cm³/mol. The molecule has 5 heterocycles. The number of piperidine rings is 1. The van der Waals surface area contributed by atoms with Crippen molar-refractivity contribution in [2.45, 2.75) is 31.2 Å². The maximum atomic E-state index is 15.3. The fourth-order valence-corrected chi connectivity index (χ4v) is 4.89. The molecule has 0 amide bonds. The molecule has 13 heteroatoms. The van der Waals surface area contributed by atoms with Gasteiger partial charge >= 0.3 is 0 Å². The van der Waals surface area contributed by atoms with E-state index < -0.39 is 24.7 Å². The first-order chi connectivity index (χ1) is 17.6. The number of ether oxygens (including phenoxy) is 2. The van der Waals surface area contributed by atoms with Gasteiger partial charge in [0.25, 0.3) is 0 Å². The first-order valence-corrected chi connectivity index (χ1v) is 11.8. The number of nitrogens with one attached hydrogen (secondary N) is 1. The minimum atomic E-state index is -1.11. The van der Waals surface area contributed by atoms with E-state index in [1.54, 1.807) is 18.2 Å². The molecule has 10 nitrogen and oxygen atoms in total. The SMILES string of the molecule is COc1nc(N[C@H]2CCN(C3COC3)C[C@H]2F)nn2cc(F)c(-c3ccc4nnn(CCF)c4c3)c12. The third-order valence-corrected chi connectivity index (χ3v) is 6.87. The van der Waals surface area contributed by atoms with Gasteiger partial charge in [-0.3, -0.25) is 4.90 Å². The zero-order valence-electron chi connectivity index (χ0n) is 19.6. The molecule has 1 aromatic carbocycles. The minimum absolute atomic E-state index is 0.0450. The molecular weight excluding hydrogens is 477 g/mol. The molecule has 6 rings (SSSR count). The largest absolute Gasteiger partial charge is 0.479 e. The molecule has 2 atom stereocenters. The van der Waals surface area contributed by atoms with E-state index in [4.69, 9.17) is 9.47 Å². The molecule has 190 valence electrons. The number of benzene rings is 1. The number of aromatic nitrogens is 6. The highest BCUT2D eigenvalue weighted by atomic mass is 19.1. The van der Waals surface area contributed by atoms with E-state index in [-0.39, 0.29) is 30.0 Å². The summed E-state index contributed by atoms with van der Waals surface area (Å²) in [5.74, 6) is -0.251. The van der Waals surface area contributed by atoms with Crippen LogP contribution in [0.4, 0.5) is 19.1 Å². The number of rotatable bonds is 7. The second kappa shape index (κ2) is 9.21. The quantitative estimate of drug-likeness (QED) is 0.412. The van der Waals surface area contributed by atoms with Crippen LogP contribution in [0.5, 0.6) is 5.88 Å². The van der Waals surface area contributed by atoms with Crippen molar-refractivity contribution < 1.29 is 22.6 Å². The zero-order chi connectivity index (χ0) is 24.8. The van der Waals surface area contributed by atoms with E-state index in [0.717, 1.165) is 6.54 Å². The first kappa shape index (κ1) is 23.0. The van der Waals surface area contributed by atoms with Crippen LogP contribution in [-0.4, -0.2) is 92.8 Å². The van der Waals surface area contributed by atoms with Gasteiger partial charge in [0.1, 0.15) is 23.9 Å². The van der Waals surface area contributed by atoms with E-state index >= 15 is 4.39 Å². The molecule has 3 aromatic heterocycles. The molecule has 0 unspecified atom stereocenters. The monoisotopic (exact) mass is 502 g/mol. The Kier molecular flexibility index (Phi) is 5.88. The van der Waals surface area contributed by atoms with E-state index in [2.05, 4.69) is 30.6 Å². The van der Waals surface area contributed by atoms with Crippen molar-refractivity contribution in [2.24, 2.45) is 0 Å². The third-order valence-electron chi connectivity index (χ3n) is 6.87. The molecule has 0 radical (unpaired) electrons. The molecular formula is C23H25F3N8O2. The van der Waals surface area contributed by atoms with Gasteiger partial charge < -0.3 is 14.8 Å². The maximum absolute atomic E-state index is 15.3. The van der Waals surface area contributed by atoms with Gasteiger partial charge in [-0.05, 0) is 24.1 Å². The van der Waals surface area contributed by atoms with Crippen molar-refractivity contribution in [2.75, 3.05) is 45.4 Å². The van der Waals surface area contributed by atoms with Crippen LogP contribution in [0.1, 0.15) is 6.42 Å². The van der Waals surface area contributed by atoms with E-state index in [9.17, 15) is 8.78 Å². The molecule has 0 aliphatic carbocycles. The third kappa shape index (κ3) is 3.91. The van der Waals surface area contributed by atoms with Gasteiger partial charge in [0.15, 0.2) is 5.82 Å². The average molecular weight is 503 g/mol. The number of hydrogen-bond donors (Lipinski definition) is 1. The van der Waals surface area contributed by atoms with Gasteiger partial charge in [0, 0.05) is 13.1 Å². The van der Waals surface area contributed by atoms with Crippen molar-refractivity contribution >= 4 is 22.5 Å². The normalized spacial score (nSPS) is 21.2. The number of hydrogen-bond acceptors (Lipinski definition) is 8. The van der Waals surface area contributed by atoms with Crippen LogP contribution in [0.25, 0.3) is 27.7 Å². The van der Waals surface area contributed by atoms with Gasteiger partial charge in [-0.2, -0.15) is 4.98 Å². The number of fused-ring (bicyclic) bond motifs is 2. The highest BCUT2D eigenvalue weighted by Gasteiger charge is 2.36. The lowest BCUT2D eigenvalue weighted by molar-refractivity contribution is -0.0794. The summed E-state index contributed by atoms with van der Waals surface area (Å²) >= 11 is 0. The predicted octanol–water partition coefficient (Wildman–Crippen LogP) is 2.48. The van der Waals surface area contributed by atoms with E-state index in [1.165, 1.54) is 22.5 Å². The summed E-state index contributed by atoms with van der Waals surface area (Å²) < 4.78 is 56.6. The van der Waals surface area contributed by atoms with Crippen LogP contribution in [0.3, 0.4) is 0 Å². The summed E-state index contributed by atoms with van der Waals surface area (Å²) in [5.41, 5.74) is 2.22. The number of likely N-dealkylation sites (tertiary alicyclic amines) is 1. The molecule has 2 fully saturated rings. The number of methoxy groups -OCH3 is 1. The van der Waals surface area contributed by atoms with E-state index in [1.807, 2.05) is 0 Å². The van der Waals surface area contributed by atoms with Gasteiger partial charge in [0.05, 0.1) is 56.2 Å². The lowest BCUT2D eigenvalue weighted by Gasteiger charge is -2.42. The van der Waals surface area contributed by atoms with Gasteiger partial charge in [-0.25, -0.2) is 22.4 Å². The molecule has 2 saturated heterocycles. The topological polar surface area (TPSA) is 94.6 Å².